The zero-order valence-corrected chi connectivity index (χ0v) is 13.4. The van der Waals surface area contributed by atoms with Crippen molar-refractivity contribution >= 4 is 11.3 Å². The molecule has 0 aromatic carbocycles. The smallest absolute Gasteiger partial charge is 0.236 e. The SMILES string of the molecule is Cc1oc(-c2cccs2)nc1CN1CCN(C)CC1CN. The molecule has 3 rings (SSSR count). The van der Waals surface area contributed by atoms with Crippen LogP contribution in [0.2, 0.25) is 0 Å². The fourth-order valence-corrected chi connectivity index (χ4v) is 3.40. The number of hydrogen-bond acceptors (Lipinski definition) is 6. The Morgan fingerprint density at radius 3 is 3.05 bits per heavy atom. The first-order chi connectivity index (χ1) is 10.2. The Labute approximate surface area is 129 Å². The van der Waals surface area contributed by atoms with Gasteiger partial charge in [-0.25, -0.2) is 4.98 Å². The summed E-state index contributed by atoms with van der Waals surface area (Å²) in [6, 6.07) is 4.45. The van der Waals surface area contributed by atoms with Gasteiger partial charge in [0.25, 0.3) is 0 Å². The minimum atomic E-state index is 0.394. The minimum absolute atomic E-state index is 0.394. The summed E-state index contributed by atoms with van der Waals surface area (Å²) in [7, 11) is 2.15. The Balaban J connectivity index is 1.75. The van der Waals surface area contributed by atoms with Gasteiger partial charge >= 0.3 is 0 Å². The molecule has 0 radical (unpaired) electrons. The maximum absolute atomic E-state index is 5.92. The van der Waals surface area contributed by atoms with Gasteiger partial charge in [-0.2, -0.15) is 0 Å². The van der Waals surface area contributed by atoms with Crippen molar-refractivity contribution in [3.63, 3.8) is 0 Å². The second-order valence-electron chi connectivity index (χ2n) is 5.62. The van der Waals surface area contributed by atoms with Crippen molar-refractivity contribution < 1.29 is 4.42 Å². The van der Waals surface area contributed by atoms with E-state index < -0.39 is 0 Å². The van der Waals surface area contributed by atoms with Crippen LogP contribution in [0.25, 0.3) is 10.8 Å². The molecule has 2 aromatic rings. The Bertz CT molecular complexity index is 581. The van der Waals surface area contributed by atoms with Gasteiger partial charge in [0.15, 0.2) is 0 Å². The Kier molecular flexibility index (Phi) is 4.40. The fraction of sp³-hybridized carbons (Fsp3) is 0.533. The van der Waals surface area contributed by atoms with E-state index >= 15 is 0 Å². The van der Waals surface area contributed by atoms with Crippen LogP contribution in [-0.2, 0) is 6.54 Å². The summed E-state index contributed by atoms with van der Waals surface area (Å²) in [6.45, 7) is 6.61. The van der Waals surface area contributed by atoms with E-state index in [1.807, 2.05) is 24.4 Å². The Morgan fingerprint density at radius 2 is 2.33 bits per heavy atom. The molecular formula is C15H22N4OS. The molecule has 2 N–H and O–H groups in total. The van der Waals surface area contributed by atoms with Gasteiger partial charge in [-0.1, -0.05) is 6.07 Å². The lowest BCUT2D eigenvalue weighted by molar-refractivity contribution is 0.0867. The summed E-state index contributed by atoms with van der Waals surface area (Å²) in [5, 5.41) is 2.04. The topological polar surface area (TPSA) is 58.5 Å². The number of nitrogens with zero attached hydrogens (tertiary/aromatic N) is 3. The number of oxazole rings is 1. The van der Waals surface area contributed by atoms with Gasteiger partial charge in [0.05, 0.1) is 10.6 Å². The highest BCUT2D eigenvalue weighted by atomic mass is 32.1. The Hall–Kier alpha value is -1.21. The quantitative estimate of drug-likeness (QED) is 0.933. The van der Waals surface area contributed by atoms with Crippen LogP contribution < -0.4 is 5.73 Å². The molecule has 114 valence electrons. The van der Waals surface area contributed by atoms with E-state index in [-0.39, 0.29) is 0 Å². The van der Waals surface area contributed by atoms with Gasteiger partial charge in [-0.3, -0.25) is 4.90 Å². The normalized spacial score (nSPS) is 21.0. The molecule has 1 fully saturated rings. The van der Waals surface area contributed by atoms with Gasteiger partial charge < -0.3 is 15.1 Å². The van der Waals surface area contributed by atoms with Crippen molar-refractivity contribution in [2.75, 3.05) is 33.2 Å². The molecule has 3 heterocycles. The van der Waals surface area contributed by atoms with Crippen molar-refractivity contribution in [3.05, 3.63) is 29.0 Å². The van der Waals surface area contributed by atoms with Gasteiger partial charge in [0.1, 0.15) is 5.76 Å². The second kappa shape index (κ2) is 6.27. The van der Waals surface area contributed by atoms with Crippen LogP contribution in [0.3, 0.4) is 0 Å². The third kappa shape index (κ3) is 3.18. The van der Waals surface area contributed by atoms with Crippen LogP contribution in [-0.4, -0.2) is 54.1 Å². The summed E-state index contributed by atoms with van der Waals surface area (Å²) in [5.74, 6) is 1.64. The molecule has 6 heteroatoms. The van der Waals surface area contributed by atoms with E-state index in [9.17, 15) is 0 Å². The first kappa shape index (κ1) is 14.7. The number of nitrogens with two attached hydrogens (primary N) is 1. The highest BCUT2D eigenvalue weighted by Gasteiger charge is 2.26. The van der Waals surface area contributed by atoms with Crippen LogP contribution in [0.1, 0.15) is 11.5 Å². The van der Waals surface area contributed by atoms with Crippen molar-refractivity contribution in [1.82, 2.24) is 14.8 Å². The van der Waals surface area contributed by atoms with Crippen LogP contribution in [0.5, 0.6) is 0 Å². The Morgan fingerprint density at radius 1 is 1.48 bits per heavy atom. The lowest BCUT2D eigenvalue weighted by atomic mass is 10.1. The van der Waals surface area contributed by atoms with Crippen LogP contribution in [0.15, 0.2) is 21.9 Å². The number of aromatic nitrogens is 1. The molecule has 0 bridgehead atoms. The predicted molar refractivity (Wildman–Crippen MR) is 85.3 cm³/mol. The largest absolute Gasteiger partial charge is 0.440 e. The third-order valence-corrected chi connectivity index (χ3v) is 4.92. The molecule has 5 nitrogen and oxygen atoms in total. The second-order valence-corrected chi connectivity index (χ2v) is 6.57. The molecule has 0 amide bonds. The molecule has 1 aliphatic heterocycles. The molecule has 1 unspecified atom stereocenters. The summed E-state index contributed by atoms with van der Waals surface area (Å²) in [5.41, 5.74) is 6.95. The monoisotopic (exact) mass is 306 g/mol. The number of aryl methyl sites for hydroxylation is 1. The molecule has 1 atom stereocenters. The van der Waals surface area contributed by atoms with Gasteiger partial charge in [0.2, 0.25) is 5.89 Å². The summed E-state index contributed by atoms with van der Waals surface area (Å²) in [4.78, 5) is 10.5. The number of likely N-dealkylation sites (N-methyl/N-ethyl adjacent to an activating group) is 1. The molecule has 0 saturated carbocycles. The van der Waals surface area contributed by atoms with Gasteiger partial charge in [-0.15, -0.1) is 11.3 Å². The summed E-state index contributed by atoms with van der Waals surface area (Å²) < 4.78 is 5.82. The number of rotatable bonds is 4. The molecular weight excluding hydrogens is 284 g/mol. The highest BCUT2D eigenvalue weighted by molar-refractivity contribution is 7.13. The first-order valence-corrected chi connectivity index (χ1v) is 8.18. The van der Waals surface area contributed by atoms with Gasteiger partial charge in [0, 0.05) is 38.8 Å². The van der Waals surface area contributed by atoms with E-state index in [0.29, 0.717) is 12.6 Å². The molecule has 1 aliphatic rings. The van der Waals surface area contributed by atoms with E-state index in [0.717, 1.165) is 48.4 Å². The van der Waals surface area contributed by atoms with Crippen LogP contribution >= 0.6 is 11.3 Å². The van der Waals surface area contributed by atoms with Crippen molar-refractivity contribution in [2.45, 2.75) is 19.5 Å². The average molecular weight is 306 g/mol. The highest BCUT2D eigenvalue weighted by Crippen LogP contribution is 2.26. The van der Waals surface area contributed by atoms with E-state index in [1.54, 1.807) is 11.3 Å². The van der Waals surface area contributed by atoms with Crippen LogP contribution in [0, 0.1) is 6.92 Å². The van der Waals surface area contributed by atoms with E-state index in [1.165, 1.54) is 0 Å². The molecule has 0 aliphatic carbocycles. The lowest BCUT2D eigenvalue weighted by Crippen LogP contribution is -2.54. The van der Waals surface area contributed by atoms with Crippen molar-refractivity contribution in [3.8, 4) is 10.8 Å². The van der Waals surface area contributed by atoms with E-state index in [2.05, 4.69) is 21.8 Å². The van der Waals surface area contributed by atoms with Gasteiger partial charge in [-0.05, 0) is 25.4 Å². The summed E-state index contributed by atoms with van der Waals surface area (Å²) >= 11 is 1.65. The minimum Gasteiger partial charge on any atom is -0.440 e. The standard InChI is InChI=1S/C15H22N4OS/c1-11-13(17-15(20-11)14-4-3-7-21-14)10-19-6-5-18(2)9-12(19)8-16/h3-4,7,12H,5-6,8-10,16H2,1-2H3. The van der Waals surface area contributed by atoms with Crippen molar-refractivity contribution in [2.24, 2.45) is 5.73 Å². The molecule has 2 aromatic heterocycles. The predicted octanol–water partition coefficient (Wildman–Crippen LogP) is 1.79. The zero-order chi connectivity index (χ0) is 14.8. The summed E-state index contributed by atoms with van der Waals surface area (Å²) in [6.07, 6.45) is 0. The molecule has 21 heavy (non-hydrogen) atoms. The van der Waals surface area contributed by atoms with Crippen molar-refractivity contribution in [1.29, 1.82) is 0 Å². The zero-order valence-electron chi connectivity index (χ0n) is 12.6. The lowest BCUT2D eigenvalue weighted by Gasteiger charge is -2.39. The van der Waals surface area contributed by atoms with Crippen LogP contribution in [0.4, 0.5) is 0 Å². The molecule has 0 spiro atoms. The average Bonchev–Trinajstić information content (AvgIpc) is 3.11. The number of hydrogen-bond donors (Lipinski definition) is 1. The number of thiophene rings is 1. The maximum Gasteiger partial charge on any atom is 0.236 e. The van der Waals surface area contributed by atoms with E-state index in [4.69, 9.17) is 10.2 Å². The third-order valence-electron chi connectivity index (χ3n) is 4.06. The maximum atomic E-state index is 5.92. The first-order valence-electron chi connectivity index (χ1n) is 7.30. The molecule has 1 saturated heterocycles. The fourth-order valence-electron chi connectivity index (χ4n) is 2.75. The number of piperazine rings is 1.